The molecule has 0 bridgehead atoms. The Morgan fingerprint density at radius 2 is 2.31 bits per heavy atom. The van der Waals surface area contributed by atoms with Crippen LogP contribution in [0.3, 0.4) is 0 Å². The average Bonchev–Trinajstić information content (AvgIpc) is 2.16. The molecule has 1 aliphatic heterocycles. The van der Waals surface area contributed by atoms with Crippen molar-refractivity contribution in [3.8, 4) is 6.07 Å². The molecule has 1 fully saturated rings. The maximum absolute atomic E-state index is 9.16. The van der Waals surface area contributed by atoms with Gasteiger partial charge in [0.1, 0.15) is 0 Å². The second-order valence-electron chi connectivity index (χ2n) is 4.60. The van der Waals surface area contributed by atoms with Gasteiger partial charge in [-0.1, -0.05) is 13.8 Å². The topological polar surface area (TPSA) is 35.8 Å². The summed E-state index contributed by atoms with van der Waals surface area (Å²) in [4.78, 5) is 0. The molecule has 1 atom stereocenters. The van der Waals surface area contributed by atoms with Crippen LogP contribution < -0.4 is 5.32 Å². The van der Waals surface area contributed by atoms with E-state index in [2.05, 4.69) is 25.2 Å². The SMILES string of the molecule is CC(C)CCC1(C#N)CCCNC1. The van der Waals surface area contributed by atoms with Crippen LogP contribution in [0, 0.1) is 22.7 Å². The van der Waals surface area contributed by atoms with Gasteiger partial charge in [0.15, 0.2) is 0 Å². The first-order valence-corrected chi connectivity index (χ1v) is 5.30. The first-order valence-electron chi connectivity index (χ1n) is 5.30. The third-order valence-electron chi connectivity index (χ3n) is 2.91. The summed E-state index contributed by atoms with van der Waals surface area (Å²) in [6.07, 6.45) is 4.48. The van der Waals surface area contributed by atoms with Crippen molar-refractivity contribution in [2.45, 2.75) is 39.5 Å². The van der Waals surface area contributed by atoms with Gasteiger partial charge in [-0.15, -0.1) is 0 Å². The zero-order valence-electron chi connectivity index (χ0n) is 8.77. The van der Waals surface area contributed by atoms with Crippen LogP contribution >= 0.6 is 0 Å². The number of nitriles is 1. The minimum Gasteiger partial charge on any atom is -0.315 e. The van der Waals surface area contributed by atoms with Gasteiger partial charge in [0.2, 0.25) is 0 Å². The van der Waals surface area contributed by atoms with Gasteiger partial charge in [0.25, 0.3) is 0 Å². The molecular weight excluding hydrogens is 160 g/mol. The molecule has 1 heterocycles. The number of rotatable bonds is 3. The molecule has 0 saturated carbocycles. The summed E-state index contributed by atoms with van der Waals surface area (Å²) in [5.41, 5.74) is -0.0531. The highest BCUT2D eigenvalue weighted by Gasteiger charge is 2.31. The van der Waals surface area contributed by atoms with Crippen LogP contribution in [0.2, 0.25) is 0 Å². The minimum absolute atomic E-state index is 0.0531. The van der Waals surface area contributed by atoms with Crippen molar-refractivity contribution < 1.29 is 0 Å². The zero-order valence-corrected chi connectivity index (χ0v) is 8.77. The molecule has 0 radical (unpaired) electrons. The molecule has 13 heavy (non-hydrogen) atoms. The fourth-order valence-corrected chi connectivity index (χ4v) is 1.90. The molecule has 0 aromatic heterocycles. The van der Waals surface area contributed by atoms with Gasteiger partial charge in [0, 0.05) is 6.54 Å². The minimum atomic E-state index is -0.0531. The number of nitrogens with zero attached hydrogens (tertiary/aromatic N) is 1. The Bertz CT molecular complexity index is 185. The fourth-order valence-electron chi connectivity index (χ4n) is 1.90. The van der Waals surface area contributed by atoms with E-state index in [9.17, 15) is 0 Å². The van der Waals surface area contributed by atoms with E-state index >= 15 is 0 Å². The Morgan fingerprint density at radius 1 is 1.54 bits per heavy atom. The first kappa shape index (κ1) is 10.5. The van der Waals surface area contributed by atoms with Gasteiger partial charge in [-0.2, -0.15) is 5.26 Å². The number of piperidine rings is 1. The molecule has 1 saturated heterocycles. The highest BCUT2D eigenvalue weighted by molar-refractivity contribution is 5.02. The molecule has 1 rings (SSSR count). The smallest absolute Gasteiger partial charge is 0.0703 e. The van der Waals surface area contributed by atoms with E-state index in [4.69, 9.17) is 5.26 Å². The largest absolute Gasteiger partial charge is 0.315 e. The van der Waals surface area contributed by atoms with Gasteiger partial charge in [-0.3, -0.25) is 0 Å². The van der Waals surface area contributed by atoms with E-state index in [-0.39, 0.29) is 5.41 Å². The lowest BCUT2D eigenvalue weighted by molar-refractivity contribution is 0.251. The summed E-state index contributed by atoms with van der Waals surface area (Å²) < 4.78 is 0. The van der Waals surface area contributed by atoms with E-state index < -0.39 is 0 Å². The fraction of sp³-hybridized carbons (Fsp3) is 0.909. The molecule has 1 N–H and O–H groups in total. The van der Waals surface area contributed by atoms with E-state index in [0.29, 0.717) is 5.92 Å². The Labute approximate surface area is 81.3 Å². The summed E-state index contributed by atoms with van der Waals surface area (Å²) in [5, 5.41) is 12.5. The number of hydrogen-bond donors (Lipinski definition) is 1. The molecule has 0 aromatic rings. The van der Waals surface area contributed by atoms with E-state index in [1.54, 1.807) is 0 Å². The van der Waals surface area contributed by atoms with Crippen LogP contribution in [0.15, 0.2) is 0 Å². The molecule has 0 spiro atoms. The predicted molar refractivity (Wildman–Crippen MR) is 54.2 cm³/mol. The first-order chi connectivity index (χ1) is 6.18. The molecule has 1 unspecified atom stereocenters. The van der Waals surface area contributed by atoms with Crippen molar-refractivity contribution >= 4 is 0 Å². The lowest BCUT2D eigenvalue weighted by Crippen LogP contribution is -2.39. The van der Waals surface area contributed by atoms with Crippen molar-refractivity contribution in [2.75, 3.05) is 13.1 Å². The Kier molecular flexibility index (Phi) is 3.74. The molecule has 0 aromatic carbocycles. The highest BCUT2D eigenvalue weighted by Crippen LogP contribution is 2.31. The van der Waals surface area contributed by atoms with Crippen LogP contribution in [0.25, 0.3) is 0 Å². The maximum Gasteiger partial charge on any atom is 0.0703 e. The van der Waals surface area contributed by atoms with Gasteiger partial charge in [-0.25, -0.2) is 0 Å². The molecule has 0 aliphatic carbocycles. The zero-order chi connectivity index (χ0) is 9.73. The lowest BCUT2D eigenvalue weighted by atomic mass is 9.77. The van der Waals surface area contributed by atoms with Crippen LogP contribution in [-0.2, 0) is 0 Å². The van der Waals surface area contributed by atoms with Crippen molar-refractivity contribution in [2.24, 2.45) is 11.3 Å². The van der Waals surface area contributed by atoms with Crippen molar-refractivity contribution in [3.63, 3.8) is 0 Å². The van der Waals surface area contributed by atoms with Crippen LogP contribution in [-0.4, -0.2) is 13.1 Å². The second-order valence-corrected chi connectivity index (χ2v) is 4.60. The average molecular weight is 180 g/mol. The highest BCUT2D eigenvalue weighted by atomic mass is 14.9. The standard InChI is InChI=1S/C11H20N2/c1-10(2)4-6-11(8-12)5-3-7-13-9-11/h10,13H,3-7,9H2,1-2H3. The van der Waals surface area contributed by atoms with Crippen LogP contribution in [0.1, 0.15) is 39.5 Å². The predicted octanol–water partition coefficient (Wildman–Crippen LogP) is 2.32. The molecule has 0 amide bonds. The van der Waals surface area contributed by atoms with Gasteiger partial charge < -0.3 is 5.32 Å². The second kappa shape index (κ2) is 4.62. The van der Waals surface area contributed by atoms with Crippen molar-refractivity contribution in [1.29, 1.82) is 5.26 Å². The molecular formula is C11H20N2. The summed E-state index contributed by atoms with van der Waals surface area (Å²) in [7, 11) is 0. The number of nitrogens with one attached hydrogen (secondary N) is 1. The van der Waals surface area contributed by atoms with E-state index in [0.717, 1.165) is 32.4 Å². The summed E-state index contributed by atoms with van der Waals surface area (Å²) >= 11 is 0. The molecule has 2 nitrogen and oxygen atoms in total. The van der Waals surface area contributed by atoms with Crippen molar-refractivity contribution in [3.05, 3.63) is 0 Å². The third-order valence-corrected chi connectivity index (χ3v) is 2.91. The van der Waals surface area contributed by atoms with Gasteiger partial charge in [-0.05, 0) is 38.1 Å². The summed E-state index contributed by atoms with van der Waals surface area (Å²) in [6.45, 7) is 6.43. The quantitative estimate of drug-likeness (QED) is 0.723. The van der Waals surface area contributed by atoms with E-state index in [1.807, 2.05) is 0 Å². The number of hydrogen-bond acceptors (Lipinski definition) is 2. The Hall–Kier alpha value is -0.550. The van der Waals surface area contributed by atoms with Crippen molar-refractivity contribution in [1.82, 2.24) is 5.32 Å². The van der Waals surface area contributed by atoms with E-state index in [1.165, 1.54) is 6.42 Å². The monoisotopic (exact) mass is 180 g/mol. The lowest BCUT2D eigenvalue weighted by Gasteiger charge is -2.31. The molecule has 1 aliphatic rings. The Balaban J connectivity index is 2.44. The molecule has 2 heteroatoms. The summed E-state index contributed by atoms with van der Waals surface area (Å²) in [6, 6.07) is 2.51. The summed E-state index contributed by atoms with van der Waals surface area (Å²) in [5.74, 6) is 0.715. The maximum atomic E-state index is 9.16. The van der Waals surface area contributed by atoms with Gasteiger partial charge in [0.05, 0.1) is 11.5 Å². The Morgan fingerprint density at radius 3 is 2.77 bits per heavy atom. The molecule has 74 valence electrons. The van der Waals surface area contributed by atoms with Crippen LogP contribution in [0.5, 0.6) is 0 Å². The normalized spacial score (nSPS) is 28.8. The third kappa shape index (κ3) is 3.00. The van der Waals surface area contributed by atoms with Gasteiger partial charge >= 0.3 is 0 Å². The van der Waals surface area contributed by atoms with Crippen LogP contribution in [0.4, 0.5) is 0 Å².